The monoisotopic (exact) mass is 366 g/mol. The number of nitrogens with zero attached hydrogens (tertiary/aromatic N) is 4. The van der Waals surface area contributed by atoms with Crippen molar-refractivity contribution in [3.63, 3.8) is 0 Å². The van der Waals surface area contributed by atoms with Crippen molar-refractivity contribution in [3.05, 3.63) is 22.0 Å². The number of aromatic nitrogens is 3. The van der Waals surface area contributed by atoms with Crippen molar-refractivity contribution < 1.29 is 9.21 Å². The average Bonchev–Trinajstić information content (AvgIpc) is 3.26. The minimum atomic E-state index is 0.166. The summed E-state index contributed by atoms with van der Waals surface area (Å²) in [6.45, 7) is 5.66. The maximum Gasteiger partial charge on any atom is 0.277 e. The van der Waals surface area contributed by atoms with Gasteiger partial charge in [-0.2, -0.15) is 0 Å². The molecule has 0 N–H and O–H groups in total. The summed E-state index contributed by atoms with van der Waals surface area (Å²) in [7, 11) is 0. The first-order valence-electron chi connectivity index (χ1n) is 8.26. The molecule has 8 heteroatoms. The van der Waals surface area contributed by atoms with Crippen LogP contribution in [0.3, 0.4) is 0 Å². The predicted molar refractivity (Wildman–Crippen MR) is 93.8 cm³/mol. The van der Waals surface area contributed by atoms with Crippen LogP contribution in [0.25, 0.3) is 0 Å². The lowest BCUT2D eigenvalue weighted by Gasteiger charge is -2.11. The zero-order valence-electron chi connectivity index (χ0n) is 14.0. The molecule has 1 saturated heterocycles. The molecule has 1 aliphatic rings. The Kier molecular flexibility index (Phi) is 5.89. The van der Waals surface area contributed by atoms with Gasteiger partial charge in [0.1, 0.15) is 0 Å². The van der Waals surface area contributed by atoms with E-state index in [1.54, 1.807) is 16.2 Å². The Hall–Kier alpha value is -1.41. The Labute approximate surface area is 150 Å². The fourth-order valence-electron chi connectivity index (χ4n) is 2.47. The van der Waals surface area contributed by atoms with Gasteiger partial charge in [-0.3, -0.25) is 4.79 Å². The molecule has 24 heavy (non-hydrogen) atoms. The van der Waals surface area contributed by atoms with Gasteiger partial charge in [-0.25, -0.2) is 4.98 Å². The van der Waals surface area contributed by atoms with Crippen LogP contribution in [-0.4, -0.2) is 32.5 Å². The molecule has 2 aromatic rings. The van der Waals surface area contributed by atoms with Gasteiger partial charge in [0.05, 0.1) is 17.2 Å². The van der Waals surface area contributed by atoms with Crippen molar-refractivity contribution in [2.75, 3.05) is 6.54 Å². The van der Waals surface area contributed by atoms with Crippen molar-refractivity contribution >= 4 is 29.0 Å². The Morgan fingerprint density at radius 1 is 1.42 bits per heavy atom. The normalized spacial score (nSPS) is 15.0. The molecule has 1 aliphatic heterocycles. The van der Waals surface area contributed by atoms with Gasteiger partial charge in [0.2, 0.25) is 11.8 Å². The predicted octanol–water partition coefficient (Wildman–Crippen LogP) is 3.53. The highest BCUT2D eigenvalue weighted by molar-refractivity contribution is 7.98. The Bertz CT molecular complexity index is 683. The molecule has 2 aromatic heterocycles. The highest BCUT2D eigenvalue weighted by Gasteiger charge is 2.22. The lowest BCUT2D eigenvalue weighted by Crippen LogP contribution is -2.23. The number of likely N-dealkylation sites (tertiary alicyclic amines) is 1. The van der Waals surface area contributed by atoms with E-state index in [2.05, 4.69) is 34.4 Å². The number of thioether (sulfide) groups is 1. The summed E-state index contributed by atoms with van der Waals surface area (Å²) in [5.74, 6) is 2.09. The summed E-state index contributed by atoms with van der Waals surface area (Å²) >= 11 is 3.21. The van der Waals surface area contributed by atoms with Crippen LogP contribution in [0.1, 0.15) is 49.7 Å². The van der Waals surface area contributed by atoms with Crippen LogP contribution in [0, 0.1) is 5.92 Å². The first kappa shape index (κ1) is 17.4. The molecule has 130 valence electrons. The molecule has 1 fully saturated rings. The second-order valence-electron chi connectivity index (χ2n) is 6.33. The van der Waals surface area contributed by atoms with E-state index in [1.165, 1.54) is 23.2 Å². The summed E-state index contributed by atoms with van der Waals surface area (Å²) in [4.78, 5) is 18.0. The molecule has 3 rings (SSSR count). The van der Waals surface area contributed by atoms with Gasteiger partial charge in [-0.1, -0.05) is 25.6 Å². The zero-order chi connectivity index (χ0) is 16.9. The standard InChI is InChI=1S/C16H22N4O2S2/c1-11(2)5-6-14-17-12(9-23-14)10-24-16-19-18-13(22-16)8-20-7-3-4-15(20)21/h9,11H,3-8,10H2,1-2H3. The van der Waals surface area contributed by atoms with E-state index >= 15 is 0 Å². The summed E-state index contributed by atoms with van der Waals surface area (Å²) in [6, 6.07) is 0. The molecule has 0 aliphatic carbocycles. The number of carbonyl (C=O) groups excluding carboxylic acids is 1. The van der Waals surface area contributed by atoms with Crippen molar-refractivity contribution in [1.82, 2.24) is 20.1 Å². The van der Waals surface area contributed by atoms with Crippen LogP contribution >= 0.6 is 23.1 Å². The fraction of sp³-hybridized carbons (Fsp3) is 0.625. The van der Waals surface area contributed by atoms with Crippen LogP contribution in [0.4, 0.5) is 0 Å². The minimum absolute atomic E-state index is 0.166. The van der Waals surface area contributed by atoms with Gasteiger partial charge in [0.15, 0.2) is 0 Å². The number of hydrogen-bond donors (Lipinski definition) is 0. The first-order chi connectivity index (χ1) is 11.6. The van der Waals surface area contributed by atoms with Gasteiger partial charge in [0, 0.05) is 24.1 Å². The Morgan fingerprint density at radius 3 is 3.04 bits per heavy atom. The van der Waals surface area contributed by atoms with Gasteiger partial charge in [-0.05, 0) is 25.2 Å². The van der Waals surface area contributed by atoms with Crippen molar-refractivity contribution in [2.45, 2.75) is 57.1 Å². The summed E-state index contributed by atoms with van der Waals surface area (Å²) < 4.78 is 5.62. The fourth-order valence-corrected chi connectivity index (χ4v) is 4.06. The van der Waals surface area contributed by atoms with Crippen molar-refractivity contribution in [3.8, 4) is 0 Å². The van der Waals surface area contributed by atoms with Crippen LogP contribution < -0.4 is 0 Å². The van der Waals surface area contributed by atoms with Crippen molar-refractivity contribution in [1.29, 1.82) is 0 Å². The molecular formula is C16H22N4O2S2. The Morgan fingerprint density at radius 2 is 2.29 bits per heavy atom. The molecule has 0 spiro atoms. The SMILES string of the molecule is CC(C)CCc1nc(CSc2nnc(CN3CCCC3=O)o2)cs1. The van der Waals surface area contributed by atoms with E-state index in [-0.39, 0.29) is 5.91 Å². The maximum absolute atomic E-state index is 11.6. The summed E-state index contributed by atoms with van der Waals surface area (Å²) in [6.07, 6.45) is 3.75. The van der Waals surface area contributed by atoms with E-state index in [0.717, 1.165) is 30.8 Å². The van der Waals surface area contributed by atoms with Crippen LogP contribution in [-0.2, 0) is 23.5 Å². The third-order valence-electron chi connectivity index (χ3n) is 3.82. The van der Waals surface area contributed by atoms with E-state index < -0.39 is 0 Å². The van der Waals surface area contributed by atoms with Crippen molar-refractivity contribution in [2.24, 2.45) is 5.92 Å². The highest BCUT2D eigenvalue weighted by Crippen LogP contribution is 2.24. The lowest BCUT2D eigenvalue weighted by molar-refractivity contribution is -0.128. The summed E-state index contributed by atoms with van der Waals surface area (Å²) in [5.41, 5.74) is 1.05. The highest BCUT2D eigenvalue weighted by atomic mass is 32.2. The number of thiazole rings is 1. The molecule has 3 heterocycles. The van der Waals surface area contributed by atoms with Gasteiger partial charge in [0.25, 0.3) is 5.22 Å². The number of amides is 1. The quantitative estimate of drug-likeness (QED) is 0.666. The molecule has 1 amide bonds. The first-order valence-corrected chi connectivity index (χ1v) is 10.1. The molecule has 0 bridgehead atoms. The zero-order valence-corrected chi connectivity index (χ0v) is 15.7. The van der Waals surface area contributed by atoms with E-state index in [0.29, 0.717) is 30.0 Å². The second kappa shape index (κ2) is 8.11. The van der Waals surface area contributed by atoms with Gasteiger partial charge in [-0.15, -0.1) is 21.5 Å². The minimum Gasteiger partial charge on any atom is -0.414 e. The van der Waals surface area contributed by atoms with E-state index in [1.807, 2.05) is 0 Å². The molecule has 6 nitrogen and oxygen atoms in total. The third kappa shape index (κ3) is 4.80. The van der Waals surface area contributed by atoms with Gasteiger partial charge >= 0.3 is 0 Å². The molecule has 0 atom stereocenters. The van der Waals surface area contributed by atoms with Crippen LogP contribution in [0.15, 0.2) is 15.0 Å². The third-order valence-corrected chi connectivity index (χ3v) is 5.63. The second-order valence-corrected chi connectivity index (χ2v) is 8.20. The molecular weight excluding hydrogens is 344 g/mol. The number of rotatable bonds is 8. The molecule has 0 unspecified atom stereocenters. The van der Waals surface area contributed by atoms with E-state index in [4.69, 9.17) is 4.42 Å². The number of aryl methyl sites for hydroxylation is 1. The largest absolute Gasteiger partial charge is 0.414 e. The Balaban J connectivity index is 1.47. The van der Waals surface area contributed by atoms with Gasteiger partial charge < -0.3 is 9.32 Å². The average molecular weight is 367 g/mol. The summed E-state index contributed by atoms with van der Waals surface area (Å²) in [5, 5.41) is 11.9. The van der Waals surface area contributed by atoms with Crippen LogP contribution in [0.5, 0.6) is 0 Å². The van der Waals surface area contributed by atoms with Crippen LogP contribution in [0.2, 0.25) is 0 Å². The molecule has 0 saturated carbocycles. The van der Waals surface area contributed by atoms with E-state index in [9.17, 15) is 4.79 Å². The molecule has 0 radical (unpaired) electrons. The number of hydrogen-bond acceptors (Lipinski definition) is 7. The maximum atomic E-state index is 11.6. The topological polar surface area (TPSA) is 72.1 Å². The number of carbonyl (C=O) groups is 1. The lowest BCUT2D eigenvalue weighted by atomic mass is 10.1. The molecule has 0 aromatic carbocycles. The smallest absolute Gasteiger partial charge is 0.277 e.